The van der Waals surface area contributed by atoms with Crippen LogP contribution >= 0.6 is 15.9 Å². The van der Waals surface area contributed by atoms with Crippen LogP contribution in [-0.2, 0) is 6.42 Å². The first-order valence-electron chi connectivity index (χ1n) is 6.13. The molecule has 0 aliphatic carbocycles. The normalized spacial score (nSPS) is 12.7. The molecule has 0 saturated carbocycles. The first-order chi connectivity index (χ1) is 9.61. The Balaban J connectivity index is 1.85. The number of hydrogen-bond donors (Lipinski definition) is 1. The Bertz CT molecular complexity index is 791. The van der Waals surface area contributed by atoms with Gasteiger partial charge in [-0.2, -0.15) is 0 Å². The minimum Gasteiger partial charge on any atom is -0.408 e. The maximum absolute atomic E-state index is 12.9. The number of hydrogen-bond acceptors (Lipinski definition) is 2. The van der Waals surface area contributed by atoms with Crippen LogP contribution in [0.2, 0.25) is 0 Å². The van der Waals surface area contributed by atoms with E-state index in [1.807, 2.05) is 18.2 Å². The highest BCUT2D eigenvalue weighted by Gasteiger charge is 2.11. The van der Waals surface area contributed by atoms with E-state index in [1.54, 1.807) is 12.1 Å². The van der Waals surface area contributed by atoms with Gasteiger partial charge in [-0.25, -0.2) is 9.18 Å². The molecule has 1 N–H and O–H groups in total. The first-order valence-corrected chi connectivity index (χ1v) is 7.05. The monoisotopic (exact) mass is 335 g/mol. The van der Waals surface area contributed by atoms with Crippen LogP contribution in [0.25, 0.3) is 11.1 Å². The lowest BCUT2D eigenvalue weighted by atomic mass is 10.0. The maximum Gasteiger partial charge on any atom is 0.417 e. The molecule has 0 saturated heterocycles. The third-order valence-corrected chi connectivity index (χ3v) is 3.99. The van der Waals surface area contributed by atoms with Crippen molar-refractivity contribution in [3.05, 3.63) is 70.0 Å². The number of halogens is 2. The van der Waals surface area contributed by atoms with Gasteiger partial charge in [0.05, 0.1) is 5.52 Å². The Hall–Kier alpha value is -1.88. The topological polar surface area (TPSA) is 46.0 Å². The number of aromatic nitrogens is 1. The largest absolute Gasteiger partial charge is 0.417 e. The van der Waals surface area contributed by atoms with Crippen molar-refractivity contribution in [1.82, 2.24) is 4.98 Å². The van der Waals surface area contributed by atoms with Crippen LogP contribution in [-0.4, -0.2) is 4.98 Å². The van der Waals surface area contributed by atoms with Crippen LogP contribution in [0.4, 0.5) is 4.39 Å². The molecule has 0 spiro atoms. The zero-order chi connectivity index (χ0) is 14.1. The SMILES string of the molecule is O=c1[nH]c2ccc(C(Br)Cc3ccc(F)cc3)cc2o1. The molecular formula is C15H11BrFNO2. The molecule has 0 aliphatic rings. The van der Waals surface area contributed by atoms with E-state index >= 15 is 0 Å². The summed E-state index contributed by atoms with van der Waals surface area (Å²) in [6, 6.07) is 12.0. The maximum atomic E-state index is 12.9. The van der Waals surface area contributed by atoms with E-state index < -0.39 is 5.76 Å². The van der Waals surface area contributed by atoms with Gasteiger partial charge < -0.3 is 4.42 Å². The van der Waals surface area contributed by atoms with Gasteiger partial charge in [0.25, 0.3) is 0 Å². The molecule has 0 bridgehead atoms. The fourth-order valence-electron chi connectivity index (χ4n) is 2.10. The van der Waals surface area contributed by atoms with Crippen LogP contribution in [0.3, 0.4) is 0 Å². The second-order valence-corrected chi connectivity index (χ2v) is 5.67. The minimum absolute atomic E-state index is 0.0672. The van der Waals surface area contributed by atoms with Crippen molar-refractivity contribution in [2.45, 2.75) is 11.2 Å². The van der Waals surface area contributed by atoms with Gasteiger partial charge in [-0.05, 0) is 41.8 Å². The van der Waals surface area contributed by atoms with Crippen LogP contribution in [0.5, 0.6) is 0 Å². The zero-order valence-corrected chi connectivity index (χ0v) is 12.0. The number of rotatable bonds is 3. The van der Waals surface area contributed by atoms with Crippen LogP contribution < -0.4 is 5.76 Å². The molecule has 3 nitrogen and oxygen atoms in total. The number of fused-ring (bicyclic) bond motifs is 1. The summed E-state index contributed by atoms with van der Waals surface area (Å²) in [5.74, 6) is -0.697. The number of aromatic amines is 1. The van der Waals surface area contributed by atoms with Gasteiger partial charge in [-0.15, -0.1) is 0 Å². The summed E-state index contributed by atoms with van der Waals surface area (Å²) in [5, 5.41) is 0. The number of alkyl halides is 1. The van der Waals surface area contributed by atoms with Crippen molar-refractivity contribution in [1.29, 1.82) is 0 Å². The van der Waals surface area contributed by atoms with E-state index in [9.17, 15) is 9.18 Å². The summed E-state index contributed by atoms with van der Waals surface area (Å²) in [7, 11) is 0. The van der Waals surface area contributed by atoms with Crippen molar-refractivity contribution < 1.29 is 8.81 Å². The molecule has 5 heteroatoms. The number of H-pyrrole nitrogens is 1. The van der Waals surface area contributed by atoms with Gasteiger partial charge in [0, 0.05) is 4.83 Å². The molecule has 1 atom stereocenters. The highest BCUT2D eigenvalue weighted by atomic mass is 79.9. The molecule has 3 rings (SSSR count). The van der Waals surface area contributed by atoms with Gasteiger partial charge in [0.15, 0.2) is 5.58 Å². The van der Waals surface area contributed by atoms with Crippen molar-refractivity contribution in [2.24, 2.45) is 0 Å². The van der Waals surface area contributed by atoms with Crippen LogP contribution in [0.1, 0.15) is 16.0 Å². The molecule has 102 valence electrons. The number of nitrogens with one attached hydrogen (secondary N) is 1. The van der Waals surface area contributed by atoms with E-state index in [4.69, 9.17) is 4.42 Å². The fourth-order valence-corrected chi connectivity index (χ4v) is 2.76. The Morgan fingerprint density at radius 1 is 1.20 bits per heavy atom. The molecule has 1 heterocycles. The summed E-state index contributed by atoms with van der Waals surface area (Å²) < 4.78 is 17.9. The van der Waals surface area contributed by atoms with E-state index in [0.29, 0.717) is 11.1 Å². The average Bonchev–Trinajstić information content (AvgIpc) is 2.80. The molecule has 20 heavy (non-hydrogen) atoms. The Kier molecular flexibility index (Phi) is 3.44. The molecule has 0 fully saturated rings. The second kappa shape index (κ2) is 5.25. The molecule has 2 aromatic carbocycles. The Morgan fingerprint density at radius 3 is 2.70 bits per heavy atom. The minimum atomic E-state index is -0.457. The zero-order valence-electron chi connectivity index (χ0n) is 10.4. The van der Waals surface area contributed by atoms with Gasteiger partial charge >= 0.3 is 5.76 Å². The predicted octanol–water partition coefficient (Wildman–Crippen LogP) is 3.94. The van der Waals surface area contributed by atoms with E-state index in [1.165, 1.54) is 12.1 Å². The molecular weight excluding hydrogens is 325 g/mol. The quantitative estimate of drug-likeness (QED) is 0.737. The van der Waals surface area contributed by atoms with Crippen molar-refractivity contribution in [3.8, 4) is 0 Å². The lowest BCUT2D eigenvalue weighted by molar-refractivity contribution is 0.555. The van der Waals surface area contributed by atoms with Gasteiger partial charge in [0.1, 0.15) is 5.82 Å². The molecule has 0 aliphatic heterocycles. The molecule has 0 amide bonds. The van der Waals surface area contributed by atoms with Gasteiger partial charge in [-0.3, -0.25) is 4.98 Å². The highest BCUT2D eigenvalue weighted by molar-refractivity contribution is 9.09. The number of benzene rings is 2. The van der Waals surface area contributed by atoms with Crippen LogP contribution in [0.15, 0.2) is 51.7 Å². The third kappa shape index (κ3) is 2.67. The fraction of sp³-hybridized carbons (Fsp3) is 0.133. The molecule has 3 aromatic rings. The predicted molar refractivity (Wildman–Crippen MR) is 78.6 cm³/mol. The summed E-state index contributed by atoms with van der Waals surface area (Å²) in [6.45, 7) is 0. The van der Waals surface area contributed by atoms with E-state index in [2.05, 4.69) is 20.9 Å². The second-order valence-electron chi connectivity index (χ2n) is 4.57. The van der Waals surface area contributed by atoms with Crippen LogP contribution in [0, 0.1) is 5.82 Å². The summed E-state index contributed by atoms with van der Waals surface area (Å²) in [4.78, 5) is 13.8. The molecule has 0 radical (unpaired) electrons. The molecule has 1 unspecified atom stereocenters. The molecule has 1 aromatic heterocycles. The Labute approximate surface area is 122 Å². The highest BCUT2D eigenvalue weighted by Crippen LogP contribution is 2.29. The first kappa shape index (κ1) is 13.1. The van der Waals surface area contributed by atoms with Gasteiger partial charge in [-0.1, -0.05) is 34.1 Å². The van der Waals surface area contributed by atoms with Crippen molar-refractivity contribution in [2.75, 3.05) is 0 Å². The van der Waals surface area contributed by atoms with Crippen molar-refractivity contribution >= 4 is 27.0 Å². The standard InChI is InChI=1S/C15H11BrFNO2/c16-12(7-9-1-4-11(17)5-2-9)10-3-6-13-14(8-10)20-15(19)18-13/h1-6,8,12H,7H2,(H,18,19). The van der Waals surface area contributed by atoms with E-state index in [-0.39, 0.29) is 10.6 Å². The number of oxazole rings is 1. The summed E-state index contributed by atoms with van der Waals surface area (Å²) in [6.07, 6.45) is 0.723. The Morgan fingerprint density at radius 2 is 1.95 bits per heavy atom. The third-order valence-electron chi connectivity index (χ3n) is 3.13. The lowest BCUT2D eigenvalue weighted by Gasteiger charge is -2.10. The average molecular weight is 336 g/mol. The van der Waals surface area contributed by atoms with Gasteiger partial charge in [0.2, 0.25) is 0 Å². The van der Waals surface area contributed by atoms with Crippen molar-refractivity contribution in [3.63, 3.8) is 0 Å². The summed E-state index contributed by atoms with van der Waals surface area (Å²) in [5.41, 5.74) is 3.25. The summed E-state index contributed by atoms with van der Waals surface area (Å²) >= 11 is 3.61. The van der Waals surface area contributed by atoms with E-state index in [0.717, 1.165) is 17.5 Å². The smallest absolute Gasteiger partial charge is 0.408 e. The lowest BCUT2D eigenvalue weighted by Crippen LogP contribution is -1.95.